The van der Waals surface area contributed by atoms with Crippen molar-refractivity contribution in [3.8, 4) is 0 Å². The number of anilines is 1. The number of carbonyl (C=O) groups excluding carboxylic acids is 5. The fraction of sp³-hybridized carbons (Fsp3) is 0.591. The van der Waals surface area contributed by atoms with E-state index in [4.69, 9.17) is 4.74 Å². The van der Waals surface area contributed by atoms with Crippen LogP contribution in [0.15, 0.2) is 0 Å². The van der Waals surface area contributed by atoms with Gasteiger partial charge in [0.1, 0.15) is 17.1 Å². The zero-order chi connectivity index (χ0) is 24.5. The summed E-state index contributed by atoms with van der Waals surface area (Å²) in [6.45, 7) is 2.93. The molecule has 0 aromatic carbocycles. The summed E-state index contributed by atoms with van der Waals surface area (Å²) in [5, 5.41) is 2.78. The maximum atomic E-state index is 13.1. The molecule has 0 radical (unpaired) electrons. The summed E-state index contributed by atoms with van der Waals surface area (Å²) < 4.78 is 5.11. The number of urea groups is 1. The molecule has 1 aromatic rings. The van der Waals surface area contributed by atoms with Crippen LogP contribution in [-0.4, -0.2) is 84.3 Å². The van der Waals surface area contributed by atoms with Crippen molar-refractivity contribution in [2.24, 2.45) is 0 Å². The molecule has 3 rings (SSSR count). The van der Waals surface area contributed by atoms with Crippen LogP contribution in [-0.2, 0) is 14.3 Å². The third kappa shape index (κ3) is 4.33. The summed E-state index contributed by atoms with van der Waals surface area (Å²) in [5.41, 5.74) is -0.377. The molecule has 1 saturated heterocycles. The molecule has 11 heteroatoms. The van der Waals surface area contributed by atoms with Crippen LogP contribution in [0.5, 0.6) is 0 Å². The van der Waals surface area contributed by atoms with Gasteiger partial charge in [0.2, 0.25) is 5.91 Å². The van der Waals surface area contributed by atoms with E-state index in [9.17, 15) is 24.0 Å². The molecule has 1 N–H and O–H groups in total. The van der Waals surface area contributed by atoms with Crippen molar-refractivity contribution >= 4 is 46.1 Å². The highest BCUT2D eigenvalue weighted by Crippen LogP contribution is 2.39. The van der Waals surface area contributed by atoms with Gasteiger partial charge in [-0.3, -0.25) is 19.3 Å². The molecule has 0 atom stereocenters. The van der Waals surface area contributed by atoms with Crippen molar-refractivity contribution in [1.29, 1.82) is 0 Å². The Morgan fingerprint density at radius 2 is 1.79 bits per heavy atom. The fourth-order valence-corrected chi connectivity index (χ4v) is 5.67. The number of nitrogens with one attached hydrogen (secondary N) is 1. The Bertz CT molecular complexity index is 995. The molecule has 33 heavy (non-hydrogen) atoms. The van der Waals surface area contributed by atoms with Gasteiger partial charge < -0.3 is 19.9 Å². The highest BCUT2D eigenvalue weighted by atomic mass is 32.1. The highest BCUT2D eigenvalue weighted by Gasteiger charge is 2.55. The highest BCUT2D eigenvalue weighted by molar-refractivity contribution is 7.18. The largest absolute Gasteiger partial charge is 0.462 e. The summed E-state index contributed by atoms with van der Waals surface area (Å²) in [6, 6.07) is -0.506. The van der Waals surface area contributed by atoms with Crippen molar-refractivity contribution in [3.63, 3.8) is 0 Å². The summed E-state index contributed by atoms with van der Waals surface area (Å²) in [4.78, 5) is 68.0. The van der Waals surface area contributed by atoms with E-state index in [-0.39, 0.29) is 29.0 Å². The molecular weight excluding hydrogens is 448 g/mol. The van der Waals surface area contributed by atoms with Gasteiger partial charge in [0.15, 0.2) is 0 Å². The van der Waals surface area contributed by atoms with E-state index in [1.165, 1.54) is 9.80 Å². The van der Waals surface area contributed by atoms with E-state index in [0.29, 0.717) is 23.3 Å². The van der Waals surface area contributed by atoms with Gasteiger partial charge >= 0.3 is 12.0 Å². The van der Waals surface area contributed by atoms with E-state index in [0.717, 1.165) is 35.5 Å². The molecule has 1 aromatic heterocycles. The SMILES string of the molecule is CCOC(=O)c1c(NC(=O)CN2C(=O)N(C)C3(CCCCC3)C2=O)sc(C(=O)N(C)C)c1C. The lowest BCUT2D eigenvalue weighted by Gasteiger charge is -2.35. The minimum Gasteiger partial charge on any atom is -0.462 e. The Morgan fingerprint density at radius 3 is 2.36 bits per heavy atom. The molecule has 2 aliphatic rings. The van der Waals surface area contributed by atoms with Crippen molar-refractivity contribution in [1.82, 2.24) is 14.7 Å². The van der Waals surface area contributed by atoms with Crippen LogP contribution >= 0.6 is 11.3 Å². The van der Waals surface area contributed by atoms with E-state index in [1.54, 1.807) is 35.0 Å². The van der Waals surface area contributed by atoms with Crippen LogP contribution in [0.3, 0.4) is 0 Å². The molecule has 1 saturated carbocycles. The lowest BCUT2D eigenvalue weighted by atomic mass is 9.81. The first kappa shape index (κ1) is 24.7. The molecule has 0 unspecified atom stereocenters. The predicted molar refractivity (Wildman–Crippen MR) is 122 cm³/mol. The Labute approximate surface area is 196 Å². The summed E-state index contributed by atoms with van der Waals surface area (Å²) >= 11 is 0.964. The number of carbonyl (C=O) groups is 5. The average Bonchev–Trinajstić information content (AvgIpc) is 3.17. The Kier molecular flexibility index (Phi) is 7.11. The number of esters is 1. The third-order valence-corrected chi connectivity index (χ3v) is 7.46. The van der Waals surface area contributed by atoms with Crippen molar-refractivity contribution < 1.29 is 28.7 Å². The number of nitrogens with zero attached hydrogens (tertiary/aromatic N) is 3. The number of thiophene rings is 1. The van der Waals surface area contributed by atoms with Crippen LogP contribution in [0.2, 0.25) is 0 Å². The molecule has 1 spiro atoms. The van der Waals surface area contributed by atoms with Gasteiger partial charge in [0, 0.05) is 21.1 Å². The number of hydrogen-bond donors (Lipinski definition) is 1. The van der Waals surface area contributed by atoms with Crippen LogP contribution in [0.4, 0.5) is 9.80 Å². The Morgan fingerprint density at radius 1 is 1.15 bits per heavy atom. The summed E-state index contributed by atoms with van der Waals surface area (Å²) in [5.74, 6) is -1.96. The first-order chi connectivity index (χ1) is 15.5. The van der Waals surface area contributed by atoms with Crippen LogP contribution in [0.1, 0.15) is 64.6 Å². The quantitative estimate of drug-likeness (QED) is 0.496. The predicted octanol–water partition coefficient (Wildman–Crippen LogP) is 2.47. The second-order valence-electron chi connectivity index (χ2n) is 8.55. The standard InChI is InChI=1S/C22H30N4O6S/c1-6-32-19(29)15-13(2)16(18(28)24(3)4)33-17(15)23-14(27)12-26-20(30)22(25(5)21(26)31)10-8-7-9-11-22/h6-12H2,1-5H3,(H,23,27). The molecule has 10 nitrogen and oxygen atoms in total. The van der Waals surface area contributed by atoms with Crippen molar-refractivity contribution in [2.45, 2.75) is 51.5 Å². The minimum absolute atomic E-state index is 0.0975. The van der Waals surface area contributed by atoms with Gasteiger partial charge in [-0.25, -0.2) is 9.59 Å². The number of hydrogen-bond acceptors (Lipinski definition) is 7. The number of amides is 5. The van der Waals surface area contributed by atoms with Crippen LogP contribution in [0, 0.1) is 6.92 Å². The van der Waals surface area contributed by atoms with E-state index < -0.39 is 30.0 Å². The van der Waals surface area contributed by atoms with Gasteiger partial charge in [-0.15, -0.1) is 11.3 Å². The molecule has 180 valence electrons. The average molecular weight is 479 g/mol. The maximum Gasteiger partial charge on any atom is 0.341 e. The fourth-order valence-electron chi connectivity index (χ4n) is 4.44. The zero-order valence-electron chi connectivity index (χ0n) is 19.6. The molecule has 1 aliphatic carbocycles. The first-order valence-corrected chi connectivity index (χ1v) is 11.8. The Hall–Kier alpha value is -2.95. The van der Waals surface area contributed by atoms with Crippen LogP contribution in [0.25, 0.3) is 0 Å². The second-order valence-corrected chi connectivity index (χ2v) is 9.57. The number of rotatable bonds is 6. The van der Waals surface area contributed by atoms with Gasteiger partial charge in [-0.2, -0.15) is 0 Å². The monoisotopic (exact) mass is 478 g/mol. The lowest BCUT2D eigenvalue weighted by Crippen LogP contribution is -2.49. The van der Waals surface area contributed by atoms with E-state index >= 15 is 0 Å². The van der Waals surface area contributed by atoms with Crippen molar-refractivity contribution in [2.75, 3.05) is 39.6 Å². The van der Waals surface area contributed by atoms with E-state index in [1.807, 2.05) is 0 Å². The third-order valence-electron chi connectivity index (χ3n) is 6.27. The lowest BCUT2D eigenvalue weighted by molar-refractivity contribution is -0.136. The molecule has 0 bridgehead atoms. The maximum absolute atomic E-state index is 13.1. The number of likely N-dealkylation sites (N-methyl/N-ethyl adjacent to an activating group) is 1. The first-order valence-electron chi connectivity index (χ1n) is 11.0. The number of imide groups is 1. The summed E-state index contributed by atoms with van der Waals surface area (Å²) in [6.07, 6.45) is 3.88. The van der Waals surface area contributed by atoms with E-state index in [2.05, 4.69) is 5.32 Å². The van der Waals surface area contributed by atoms with Crippen molar-refractivity contribution in [3.05, 3.63) is 16.0 Å². The van der Waals surface area contributed by atoms with Gasteiger partial charge in [-0.1, -0.05) is 19.3 Å². The zero-order valence-corrected chi connectivity index (χ0v) is 20.5. The van der Waals surface area contributed by atoms with Gasteiger partial charge in [0.25, 0.3) is 11.8 Å². The van der Waals surface area contributed by atoms with Crippen LogP contribution < -0.4 is 5.32 Å². The molecule has 2 fully saturated rings. The summed E-state index contributed by atoms with van der Waals surface area (Å²) in [7, 11) is 4.78. The molecule has 2 heterocycles. The Balaban J connectivity index is 1.84. The number of ether oxygens (including phenoxy) is 1. The minimum atomic E-state index is -0.878. The molecule has 5 amide bonds. The normalized spacial score (nSPS) is 17.5. The molecular formula is C22H30N4O6S. The molecule has 1 aliphatic heterocycles. The van der Waals surface area contributed by atoms with Gasteiger partial charge in [-0.05, 0) is 32.3 Å². The topological polar surface area (TPSA) is 116 Å². The second kappa shape index (κ2) is 9.50. The smallest absolute Gasteiger partial charge is 0.341 e. The van der Waals surface area contributed by atoms with Gasteiger partial charge in [0.05, 0.1) is 17.0 Å².